The van der Waals surface area contributed by atoms with Crippen molar-refractivity contribution in [3.05, 3.63) is 58.4 Å². The van der Waals surface area contributed by atoms with Crippen LogP contribution >= 0.6 is 0 Å². The van der Waals surface area contributed by atoms with Crippen LogP contribution in [0.3, 0.4) is 0 Å². The normalized spacial score (nSPS) is 10.8. The van der Waals surface area contributed by atoms with Gasteiger partial charge in [0.2, 0.25) is 0 Å². The van der Waals surface area contributed by atoms with Gasteiger partial charge in [0, 0.05) is 12.1 Å². The molecule has 2 aromatic carbocycles. The summed E-state index contributed by atoms with van der Waals surface area (Å²) in [5.74, 6) is -0.156. The van der Waals surface area contributed by atoms with Gasteiger partial charge in [-0.25, -0.2) is 4.39 Å². The lowest BCUT2D eigenvalue weighted by molar-refractivity contribution is 0.629. The summed E-state index contributed by atoms with van der Waals surface area (Å²) >= 11 is 0. The average molecular weight is 271 g/mol. The second-order valence-corrected chi connectivity index (χ2v) is 5.35. The van der Waals surface area contributed by atoms with Gasteiger partial charge in [0.05, 0.1) is 0 Å². The van der Waals surface area contributed by atoms with Gasteiger partial charge in [-0.2, -0.15) is 0 Å². The predicted octanol–water partition coefficient (Wildman–Crippen LogP) is 4.53. The Kier molecular flexibility index (Phi) is 4.56. The Morgan fingerprint density at radius 2 is 1.60 bits per heavy atom. The monoisotopic (exact) mass is 271 g/mol. The summed E-state index contributed by atoms with van der Waals surface area (Å²) in [6.07, 6.45) is 0. The van der Waals surface area contributed by atoms with Gasteiger partial charge in [-0.15, -0.1) is 0 Å². The highest BCUT2D eigenvalue weighted by Gasteiger charge is 2.10. The molecule has 2 aromatic rings. The van der Waals surface area contributed by atoms with Crippen LogP contribution in [0, 0.1) is 26.6 Å². The van der Waals surface area contributed by atoms with Gasteiger partial charge in [0.15, 0.2) is 0 Å². The lowest BCUT2D eigenvalue weighted by Crippen LogP contribution is -2.11. The maximum atomic E-state index is 14.2. The lowest BCUT2D eigenvalue weighted by atomic mass is 9.94. The molecule has 0 aliphatic heterocycles. The summed E-state index contributed by atoms with van der Waals surface area (Å²) in [7, 11) is 0. The standard InChI is InChI=1S/C18H22FN/c1-5-20-11-15-6-7-18(19)17(10-15)16-9-13(3)12(2)8-14(16)4/h6-10,20H,5,11H2,1-4H3. The quantitative estimate of drug-likeness (QED) is 0.861. The molecule has 2 heteroatoms. The highest BCUT2D eigenvalue weighted by atomic mass is 19.1. The summed E-state index contributed by atoms with van der Waals surface area (Å²) in [4.78, 5) is 0. The summed E-state index contributed by atoms with van der Waals surface area (Å²) in [5, 5.41) is 3.28. The smallest absolute Gasteiger partial charge is 0.131 e. The molecule has 0 unspecified atom stereocenters. The largest absolute Gasteiger partial charge is 0.313 e. The molecule has 106 valence electrons. The minimum Gasteiger partial charge on any atom is -0.313 e. The molecule has 0 heterocycles. The van der Waals surface area contributed by atoms with E-state index in [2.05, 4.69) is 38.2 Å². The minimum atomic E-state index is -0.156. The van der Waals surface area contributed by atoms with Crippen LogP contribution < -0.4 is 5.32 Å². The van der Waals surface area contributed by atoms with E-state index >= 15 is 0 Å². The van der Waals surface area contributed by atoms with E-state index < -0.39 is 0 Å². The molecule has 0 aromatic heterocycles. The molecule has 1 nitrogen and oxygen atoms in total. The van der Waals surface area contributed by atoms with E-state index in [0.717, 1.165) is 29.8 Å². The topological polar surface area (TPSA) is 12.0 Å². The first-order valence-electron chi connectivity index (χ1n) is 7.10. The van der Waals surface area contributed by atoms with Crippen molar-refractivity contribution in [2.45, 2.75) is 34.2 Å². The zero-order chi connectivity index (χ0) is 14.7. The Bertz CT molecular complexity index is 617. The fraction of sp³-hybridized carbons (Fsp3) is 0.333. The van der Waals surface area contributed by atoms with Crippen LogP contribution in [-0.2, 0) is 6.54 Å². The molecule has 0 amide bonds. The Labute approximate surface area is 120 Å². The van der Waals surface area contributed by atoms with E-state index in [1.54, 1.807) is 6.07 Å². The molecule has 0 aliphatic rings. The summed E-state index contributed by atoms with van der Waals surface area (Å²) < 4.78 is 14.2. The number of benzene rings is 2. The Hall–Kier alpha value is -1.67. The number of rotatable bonds is 4. The molecule has 0 fully saturated rings. The molecular weight excluding hydrogens is 249 g/mol. The summed E-state index contributed by atoms with van der Waals surface area (Å²) in [6, 6.07) is 9.57. The third-order valence-electron chi connectivity index (χ3n) is 3.74. The van der Waals surface area contributed by atoms with Gasteiger partial charge in [-0.05, 0) is 67.3 Å². The predicted molar refractivity (Wildman–Crippen MR) is 83.4 cm³/mol. The molecule has 2 rings (SSSR count). The van der Waals surface area contributed by atoms with Crippen LogP contribution in [0.25, 0.3) is 11.1 Å². The van der Waals surface area contributed by atoms with Crippen LogP contribution in [-0.4, -0.2) is 6.54 Å². The Balaban J connectivity index is 2.48. The van der Waals surface area contributed by atoms with Gasteiger partial charge >= 0.3 is 0 Å². The van der Waals surface area contributed by atoms with Crippen molar-refractivity contribution >= 4 is 0 Å². The van der Waals surface area contributed by atoms with E-state index in [0.29, 0.717) is 5.56 Å². The van der Waals surface area contributed by atoms with Gasteiger partial charge < -0.3 is 5.32 Å². The van der Waals surface area contributed by atoms with Gasteiger partial charge in [-0.3, -0.25) is 0 Å². The van der Waals surface area contributed by atoms with E-state index in [1.807, 2.05) is 19.1 Å². The molecule has 0 saturated heterocycles. The number of hydrogen-bond acceptors (Lipinski definition) is 1. The molecule has 0 saturated carbocycles. The zero-order valence-corrected chi connectivity index (χ0v) is 12.7. The number of hydrogen-bond donors (Lipinski definition) is 1. The van der Waals surface area contributed by atoms with E-state index in [4.69, 9.17) is 0 Å². The fourth-order valence-electron chi connectivity index (χ4n) is 2.41. The minimum absolute atomic E-state index is 0.156. The lowest BCUT2D eigenvalue weighted by Gasteiger charge is -2.12. The van der Waals surface area contributed by atoms with Crippen molar-refractivity contribution in [1.82, 2.24) is 5.32 Å². The fourth-order valence-corrected chi connectivity index (χ4v) is 2.41. The second kappa shape index (κ2) is 6.19. The van der Waals surface area contributed by atoms with E-state index in [-0.39, 0.29) is 5.82 Å². The van der Waals surface area contributed by atoms with E-state index in [1.165, 1.54) is 11.1 Å². The van der Waals surface area contributed by atoms with Gasteiger partial charge in [0.1, 0.15) is 5.82 Å². The van der Waals surface area contributed by atoms with Crippen molar-refractivity contribution in [2.24, 2.45) is 0 Å². The van der Waals surface area contributed by atoms with E-state index in [9.17, 15) is 4.39 Å². The van der Waals surface area contributed by atoms with Crippen LogP contribution in [0.1, 0.15) is 29.2 Å². The number of halogens is 1. The van der Waals surface area contributed by atoms with Crippen molar-refractivity contribution in [3.63, 3.8) is 0 Å². The van der Waals surface area contributed by atoms with Crippen molar-refractivity contribution < 1.29 is 4.39 Å². The second-order valence-electron chi connectivity index (χ2n) is 5.35. The van der Waals surface area contributed by atoms with Gasteiger partial charge in [0.25, 0.3) is 0 Å². The van der Waals surface area contributed by atoms with Gasteiger partial charge in [-0.1, -0.05) is 25.1 Å². The first-order chi connectivity index (χ1) is 9.52. The van der Waals surface area contributed by atoms with Crippen LogP contribution in [0.5, 0.6) is 0 Å². The number of aryl methyl sites for hydroxylation is 3. The first-order valence-corrected chi connectivity index (χ1v) is 7.10. The average Bonchev–Trinajstić information content (AvgIpc) is 2.42. The number of nitrogens with one attached hydrogen (secondary N) is 1. The molecular formula is C18H22FN. The Morgan fingerprint density at radius 1 is 0.900 bits per heavy atom. The summed E-state index contributed by atoms with van der Waals surface area (Å²) in [5.41, 5.74) is 6.36. The van der Waals surface area contributed by atoms with Crippen LogP contribution in [0.4, 0.5) is 4.39 Å². The molecule has 0 radical (unpaired) electrons. The molecule has 0 spiro atoms. The SMILES string of the molecule is CCNCc1ccc(F)c(-c2cc(C)c(C)cc2C)c1. The highest BCUT2D eigenvalue weighted by molar-refractivity contribution is 5.70. The summed E-state index contributed by atoms with van der Waals surface area (Å²) in [6.45, 7) is 9.95. The maximum absolute atomic E-state index is 14.2. The van der Waals surface area contributed by atoms with Crippen molar-refractivity contribution in [3.8, 4) is 11.1 Å². The van der Waals surface area contributed by atoms with Crippen LogP contribution in [0.15, 0.2) is 30.3 Å². The highest BCUT2D eigenvalue weighted by Crippen LogP contribution is 2.29. The third-order valence-corrected chi connectivity index (χ3v) is 3.74. The van der Waals surface area contributed by atoms with Crippen molar-refractivity contribution in [2.75, 3.05) is 6.54 Å². The molecule has 0 bridgehead atoms. The Morgan fingerprint density at radius 3 is 2.30 bits per heavy atom. The van der Waals surface area contributed by atoms with Crippen LogP contribution in [0.2, 0.25) is 0 Å². The maximum Gasteiger partial charge on any atom is 0.131 e. The zero-order valence-electron chi connectivity index (χ0n) is 12.7. The molecule has 1 N–H and O–H groups in total. The third kappa shape index (κ3) is 3.07. The molecule has 0 aliphatic carbocycles. The first kappa shape index (κ1) is 14.7. The molecule has 0 atom stereocenters. The molecule has 20 heavy (non-hydrogen) atoms. The van der Waals surface area contributed by atoms with Crippen molar-refractivity contribution in [1.29, 1.82) is 0 Å².